The maximum absolute atomic E-state index is 5.81. The third-order valence-electron chi connectivity index (χ3n) is 2.21. The minimum absolute atomic E-state index is 0.196. The summed E-state index contributed by atoms with van der Waals surface area (Å²) in [5.41, 5.74) is 2.37. The molecular weight excluding hydrogens is 270 g/mol. The van der Waals surface area contributed by atoms with E-state index in [4.69, 9.17) is 17.4 Å². The number of anilines is 1. The van der Waals surface area contributed by atoms with Gasteiger partial charge in [-0.3, -0.25) is 5.43 Å². The highest BCUT2D eigenvalue weighted by atomic mass is 35.5. The highest BCUT2D eigenvalue weighted by molar-refractivity contribution is 6.30. The van der Waals surface area contributed by atoms with Gasteiger partial charge in [0, 0.05) is 12.4 Å². The first-order chi connectivity index (χ1) is 9.26. The van der Waals surface area contributed by atoms with E-state index in [0.29, 0.717) is 11.0 Å². The van der Waals surface area contributed by atoms with Gasteiger partial charge in [-0.1, -0.05) is 11.6 Å². The minimum Gasteiger partial charge on any atom is -0.292 e. The van der Waals surface area contributed by atoms with Crippen molar-refractivity contribution in [3.63, 3.8) is 0 Å². The number of hydrogen-bond acceptors (Lipinski definition) is 7. The highest BCUT2D eigenvalue weighted by Gasteiger charge is 2.10. The third kappa shape index (κ3) is 2.23. The predicted octanol–water partition coefficient (Wildman–Crippen LogP) is 0.182. The minimum atomic E-state index is 0.196. The zero-order valence-electron chi connectivity index (χ0n) is 9.47. The van der Waals surface area contributed by atoms with Gasteiger partial charge in [-0.2, -0.15) is 25.1 Å². The van der Waals surface area contributed by atoms with Crippen molar-refractivity contribution in [3.05, 3.63) is 35.9 Å². The fourth-order valence-electron chi connectivity index (χ4n) is 1.42. The Morgan fingerprint density at radius 1 is 1.11 bits per heavy atom. The number of nitrogens with two attached hydrogens (primary N) is 1. The summed E-state index contributed by atoms with van der Waals surface area (Å²) in [5, 5.41) is 8.53. The Labute approximate surface area is 112 Å². The number of halogens is 1. The fourth-order valence-corrected chi connectivity index (χ4v) is 1.56. The molecule has 3 heterocycles. The number of hydrazine groups is 1. The SMILES string of the molecule is NNc1nc(-n2cccn2)nc(-n2cc(Cl)cn2)n1. The summed E-state index contributed by atoms with van der Waals surface area (Å²) in [7, 11) is 0. The van der Waals surface area contributed by atoms with Gasteiger partial charge in [-0.15, -0.1) is 0 Å². The predicted molar refractivity (Wildman–Crippen MR) is 66.9 cm³/mol. The molecule has 0 saturated heterocycles. The first-order valence-electron chi connectivity index (χ1n) is 5.19. The second-order valence-corrected chi connectivity index (χ2v) is 3.89. The lowest BCUT2D eigenvalue weighted by Gasteiger charge is -2.05. The lowest BCUT2D eigenvalue weighted by atomic mass is 10.7. The van der Waals surface area contributed by atoms with E-state index in [2.05, 4.69) is 30.6 Å². The quantitative estimate of drug-likeness (QED) is 0.519. The van der Waals surface area contributed by atoms with Crippen molar-refractivity contribution < 1.29 is 0 Å². The van der Waals surface area contributed by atoms with Crippen molar-refractivity contribution in [2.45, 2.75) is 0 Å². The Balaban J connectivity index is 2.12. The molecule has 0 amide bonds. The standard InChI is InChI=1S/C9H8ClN9/c10-6-4-13-19(5-6)9-15-7(17-11)14-8(16-9)18-3-1-2-12-18/h1-5H,11H2,(H,14,15,16,17). The first kappa shape index (κ1) is 11.6. The van der Waals surface area contributed by atoms with Gasteiger partial charge >= 0.3 is 0 Å². The number of aromatic nitrogens is 7. The van der Waals surface area contributed by atoms with E-state index >= 15 is 0 Å². The monoisotopic (exact) mass is 277 g/mol. The molecule has 0 bridgehead atoms. The van der Waals surface area contributed by atoms with Gasteiger partial charge in [0.25, 0.3) is 11.9 Å². The van der Waals surface area contributed by atoms with Crippen LogP contribution in [0.25, 0.3) is 11.9 Å². The number of rotatable bonds is 3. The number of nitrogens with zero attached hydrogens (tertiary/aromatic N) is 7. The van der Waals surface area contributed by atoms with Gasteiger partial charge < -0.3 is 0 Å². The molecule has 0 unspecified atom stereocenters. The maximum Gasteiger partial charge on any atom is 0.257 e. The van der Waals surface area contributed by atoms with Crippen LogP contribution >= 0.6 is 11.6 Å². The van der Waals surface area contributed by atoms with Crippen LogP contribution in [-0.2, 0) is 0 Å². The van der Waals surface area contributed by atoms with Crippen LogP contribution in [-0.4, -0.2) is 34.5 Å². The lowest BCUT2D eigenvalue weighted by Crippen LogP contribution is -2.16. The second kappa shape index (κ2) is 4.63. The Morgan fingerprint density at radius 2 is 1.89 bits per heavy atom. The maximum atomic E-state index is 5.81. The molecule has 0 aliphatic heterocycles. The molecule has 3 N–H and O–H groups in total. The molecule has 0 spiro atoms. The zero-order chi connectivity index (χ0) is 13.2. The Morgan fingerprint density at radius 3 is 2.47 bits per heavy atom. The molecule has 3 rings (SSSR count). The van der Waals surface area contributed by atoms with Crippen LogP contribution in [0.2, 0.25) is 5.02 Å². The summed E-state index contributed by atoms with van der Waals surface area (Å²) < 4.78 is 2.90. The molecule has 0 saturated carbocycles. The van der Waals surface area contributed by atoms with Gasteiger partial charge in [0.05, 0.1) is 17.4 Å². The molecule has 96 valence electrons. The summed E-state index contributed by atoms with van der Waals surface area (Å²) in [6.07, 6.45) is 6.37. The average Bonchev–Trinajstić information content (AvgIpc) is 3.09. The van der Waals surface area contributed by atoms with E-state index in [1.54, 1.807) is 24.7 Å². The Hall–Kier alpha value is -2.52. The third-order valence-corrected chi connectivity index (χ3v) is 2.40. The Kier molecular flexibility index (Phi) is 2.82. The van der Waals surface area contributed by atoms with Crippen molar-refractivity contribution in [2.24, 2.45) is 5.84 Å². The lowest BCUT2D eigenvalue weighted by molar-refractivity contribution is 0.745. The molecule has 10 heteroatoms. The molecular formula is C9H8ClN9. The molecule has 19 heavy (non-hydrogen) atoms. The van der Waals surface area contributed by atoms with Crippen LogP contribution in [0.3, 0.4) is 0 Å². The molecule has 3 aromatic rings. The largest absolute Gasteiger partial charge is 0.292 e. The summed E-state index contributed by atoms with van der Waals surface area (Å²) in [6.45, 7) is 0. The highest BCUT2D eigenvalue weighted by Crippen LogP contribution is 2.11. The zero-order valence-corrected chi connectivity index (χ0v) is 10.2. The van der Waals surface area contributed by atoms with Crippen molar-refractivity contribution >= 4 is 17.5 Å². The van der Waals surface area contributed by atoms with Crippen molar-refractivity contribution in [1.29, 1.82) is 0 Å². The second-order valence-electron chi connectivity index (χ2n) is 3.46. The summed E-state index contributed by atoms with van der Waals surface area (Å²) >= 11 is 5.81. The van der Waals surface area contributed by atoms with Gasteiger partial charge in [0.2, 0.25) is 5.95 Å². The first-order valence-corrected chi connectivity index (χ1v) is 5.57. The number of nitrogen functional groups attached to an aromatic ring is 1. The van der Waals surface area contributed by atoms with Crippen molar-refractivity contribution in [3.8, 4) is 11.9 Å². The molecule has 0 fully saturated rings. The van der Waals surface area contributed by atoms with E-state index in [1.807, 2.05) is 0 Å². The van der Waals surface area contributed by atoms with Crippen LogP contribution in [0.1, 0.15) is 0 Å². The molecule has 0 aromatic carbocycles. The molecule has 9 nitrogen and oxygen atoms in total. The molecule has 0 radical (unpaired) electrons. The average molecular weight is 278 g/mol. The van der Waals surface area contributed by atoms with Gasteiger partial charge in [0.15, 0.2) is 0 Å². The summed E-state index contributed by atoms with van der Waals surface area (Å²) in [5.74, 6) is 6.13. The van der Waals surface area contributed by atoms with Crippen LogP contribution in [0.5, 0.6) is 0 Å². The molecule has 3 aromatic heterocycles. The summed E-state index contributed by atoms with van der Waals surface area (Å²) in [6, 6.07) is 1.75. The van der Waals surface area contributed by atoms with Crippen LogP contribution in [0.15, 0.2) is 30.9 Å². The topological polar surface area (TPSA) is 112 Å². The smallest absolute Gasteiger partial charge is 0.257 e. The number of nitrogens with one attached hydrogen (secondary N) is 1. The molecule has 0 atom stereocenters. The van der Waals surface area contributed by atoms with Gasteiger partial charge in [-0.25, -0.2) is 15.2 Å². The van der Waals surface area contributed by atoms with E-state index in [1.165, 1.54) is 15.6 Å². The van der Waals surface area contributed by atoms with Gasteiger partial charge in [-0.05, 0) is 6.07 Å². The molecule has 0 aliphatic carbocycles. The van der Waals surface area contributed by atoms with Crippen molar-refractivity contribution in [2.75, 3.05) is 5.43 Å². The van der Waals surface area contributed by atoms with E-state index in [0.717, 1.165) is 0 Å². The Bertz CT molecular complexity index is 690. The summed E-state index contributed by atoms with van der Waals surface area (Å²) in [4.78, 5) is 12.4. The number of hydrogen-bond donors (Lipinski definition) is 2. The van der Waals surface area contributed by atoms with Crippen LogP contribution in [0, 0.1) is 0 Å². The van der Waals surface area contributed by atoms with E-state index in [9.17, 15) is 0 Å². The van der Waals surface area contributed by atoms with Gasteiger partial charge in [0.1, 0.15) is 0 Å². The van der Waals surface area contributed by atoms with E-state index < -0.39 is 0 Å². The van der Waals surface area contributed by atoms with Crippen molar-refractivity contribution in [1.82, 2.24) is 34.5 Å². The fraction of sp³-hybridized carbons (Fsp3) is 0. The van der Waals surface area contributed by atoms with Crippen LogP contribution < -0.4 is 11.3 Å². The van der Waals surface area contributed by atoms with E-state index in [-0.39, 0.29) is 11.9 Å². The molecule has 0 aliphatic rings. The van der Waals surface area contributed by atoms with Crippen LogP contribution in [0.4, 0.5) is 5.95 Å². The normalized spacial score (nSPS) is 10.6.